The van der Waals surface area contributed by atoms with Crippen molar-refractivity contribution in [1.82, 2.24) is 4.98 Å². The monoisotopic (exact) mass is 448 g/mol. The van der Waals surface area contributed by atoms with E-state index in [4.69, 9.17) is 15.2 Å². The van der Waals surface area contributed by atoms with Gasteiger partial charge in [-0.25, -0.2) is 13.8 Å². The standard InChI is InChI=1S/C21H22F2N4O3S/c1-2-29-13-4-6-17(25-9-13)19(28)27-12-3-5-16(23)14(7-12)21-11-30-18(8-22)15(21)10-26-20(24)31-21/h3-7,9,15,18H,2,8,10-11H2,1H3,(H2,24,26)(H,27,28)/t15-,18+,21+/m0/s1. The number of hydrogen-bond donors (Lipinski definition) is 2. The van der Waals surface area contributed by atoms with E-state index in [2.05, 4.69) is 15.3 Å². The van der Waals surface area contributed by atoms with Crippen LogP contribution in [0, 0.1) is 11.7 Å². The fraction of sp³-hybridized carbons (Fsp3) is 0.381. The number of fused-ring (bicyclic) bond motifs is 1. The van der Waals surface area contributed by atoms with Gasteiger partial charge in [-0.2, -0.15) is 0 Å². The van der Waals surface area contributed by atoms with Gasteiger partial charge in [-0.1, -0.05) is 11.8 Å². The summed E-state index contributed by atoms with van der Waals surface area (Å²) in [4.78, 5) is 20.9. The number of aromatic nitrogens is 1. The highest BCUT2D eigenvalue weighted by molar-refractivity contribution is 8.14. The van der Waals surface area contributed by atoms with Crippen molar-refractivity contribution < 1.29 is 23.0 Å². The Morgan fingerprint density at radius 1 is 1.42 bits per heavy atom. The van der Waals surface area contributed by atoms with Gasteiger partial charge >= 0.3 is 0 Å². The molecule has 7 nitrogen and oxygen atoms in total. The van der Waals surface area contributed by atoms with Crippen LogP contribution in [-0.4, -0.2) is 48.6 Å². The van der Waals surface area contributed by atoms with Gasteiger partial charge in [-0.05, 0) is 37.3 Å². The number of halogens is 2. The van der Waals surface area contributed by atoms with Crippen LogP contribution >= 0.6 is 11.8 Å². The van der Waals surface area contributed by atoms with E-state index in [1.165, 1.54) is 30.1 Å². The number of hydrogen-bond acceptors (Lipinski definition) is 7. The van der Waals surface area contributed by atoms with Crippen LogP contribution in [0.15, 0.2) is 41.5 Å². The fourth-order valence-electron chi connectivity index (χ4n) is 3.91. The lowest BCUT2D eigenvalue weighted by molar-refractivity contribution is 0.0701. The molecule has 10 heteroatoms. The van der Waals surface area contributed by atoms with Crippen molar-refractivity contribution in [2.45, 2.75) is 17.8 Å². The molecule has 0 unspecified atom stereocenters. The second-order valence-corrected chi connectivity index (χ2v) is 8.59. The Hall–Kier alpha value is -2.72. The molecule has 0 radical (unpaired) electrons. The number of alkyl halides is 1. The molecule has 31 heavy (non-hydrogen) atoms. The number of thioether (sulfide) groups is 1. The second-order valence-electron chi connectivity index (χ2n) is 7.24. The molecule has 1 saturated heterocycles. The number of nitrogens with one attached hydrogen (secondary N) is 1. The van der Waals surface area contributed by atoms with Crippen LogP contribution in [0.3, 0.4) is 0 Å². The van der Waals surface area contributed by atoms with Gasteiger partial charge in [0, 0.05) is 23.7 Å². The van der Waals surface area contributed by atoms with Gasteiger partial charge in [0.25, 0.3) is 5.91 Å². The minimum Gasteiger partial charge on any atom is -0.492 e. The summed E-state index contributed by atoms with van der Waals surface area (Å²) in [5.74, 6) is -0.739. The third kappa shape index (κ3) is 4.09. The molecule has 3 N–H and O–H groups in total. The fourth-order valence-corrected chi connectivity index (χ4v) is 5.19. The molecule has 2 aliphatic heterocycles. The van der Waals surface area contributed by atoms with Crippen molar-refractivity contribution in [3.05, 3.63) is 53.6 Å². The molecule has 1 amide bonds. The Morgan fingerprint density at radius 3 is 2.97 bits per heavy atom. The van der Waals surface area contributed by atoms with Gasteiger partial charge in [0.2, 0.25) is 0 Å². The predicted molar refractivity (Wildman–Crippen MR) is 115 cm³/mol. The molecular formula is C21H22F2N4O3S. The molecule has 2 aliphatic rings. The van der Waals surface area contributed by atoms with E-state index in [9.17, 15) is 13.6 Å². The summed E-state index contributed by atoms with van der Waals surface area (Å²) >= 11 is 1.18. The quantitative estimate of drug-likeness (QED) is 0.705. The van der Waals surface area contributed by atoms with Crippen molar-refractivity contribution in [3.63, 3.8) is 0 Å². The SMILES string of the molecule is CCOc1ccc(C(=O)Nc2ccc(F)c([C@]34CO[C@H](CF)[C@@H]3CN=C(N)S4)c2)nc1. The van der Waals surface area contributed by atoms with Gasteiger partial charge in [0.15, 0.2) is 5.17 Å². The molecule has 1 aromatic heterocycles. The number of carbonyl (C=O) groups excluding carboxylic acids is 1. The van der Waals surface area contributed by atoms with Crippen LogP contribution in [0.4, 0.5) is 14.5 Å². The molecule has 4 rings (SSSR count). The summed E-state index contributed by atoms with van der Waals surface area (Å²) in [6, 6.07) is 7.48. The Labute approximate surface area is 182 Å². The zero-order chi connectivity index (χ0) is 22.0. The molecule has 0 saturated carbocycles. The lowest BCUT2D eigenvalue weighted by atomic mass is 9.83. The minimum atomic E-state index is -0.912. The average Bonchev–Trinajstić information content (AvgIpc) is 3.14. The van der Waals surface area contributed by atoms with Crippen LogP contribution in [0.1, 0.15) is 23.0 Å². The third-order valence-electron chi connectivity index (χ3n) is 5.40. The zero-order valence-electron chi connectivity index (χ0n) is 16.8. The van der Waals surface area contributed by atoms with E-state index >= 15 is 0 Å². The predicted octanol–water partition coefficient (Wildman–Crippen LogP) is 3.11. The minimum absolute atomic E-state index is 0.0991. The van der Waals surface area contributed by atoms with Crippen LogP contribution < -0.4 is 15.8 Å². The number of amides is 1. The first kappa shape index (κ1) is 21.5. The third-order valence-corrected chi connectivity index (χ3v) is 6.75. The highest BCUT2D eigenvalue weighted by atomic mass is 32.2. The number of pyridine rings is 1. The molecule has 1 aromatic carbocycles. The van der Waals surface area contributed by atoms with Crippen LogP contribution in [0.5, 0.6) is 5.75 Å². The summed E-state index contributed by atoms with van der Waals surface area (Å²) in [6.45, 7) is 2.01. The Morgan fingerprint density at radius 2 is 2.26 bits per heavy atom. The molecule has 1 fully saturated rings. The summed E-state index contributed by atoms with van der Waals surface area (Å²) < 4.78 is 38.5. The number of anilines is 1. The van der Waals surface area contributed by atoms with Crippen LogP contribution in [0.2, 0.25) is 0 Å². The average molecular weight is 448 g/mol. The Balaban J connectivity index is 1.61. The lowest BCUT2D eigenvalue weighted by Gasteiger charge is -2.37. The van der Waals surface area contributed by atoms with Crippen molar-refractivity contribution >= 4 is 28.5 Å². The number of nitrogens with two attached hydrogens (primary N) is 1. The van der Waals surface area contributed by atoms with Crippen LogP contribution in [-0.2, 0) is 9.48 Å². The van der Waals surface area contributed by atoms with Crippen molar-refractivity contribution in [1.29, 1.82) is 0 Å². The molecule has 0 spiro atoms. The molecule has 3 heterocycles. The topological polar surface area (TPSA) is 98.8 Å². The second kappa shape index (κ2) is 8.80. The number of rotatable bonds is 6. The van der Waals surface area contributed by atoms with E-state index in [1.54, 1.807) is 18.2 Å². The maximum Gasteiger partial charge on any atom is 0.274 e. The van der Waals surface area contributed by atoms with E-state index in [0.29, 0.717) is 28.8 Å². The summed E-state index contributed by atoms with van der Waals surface area (Å²) in [5.41, 5.74) is 6.81. The first-order valence-corrected chi connectivity index (χ1v) is 10.6. The van der Waals surface area contributed by atoms with Crippen molar-refractivity contribution in [2.24, 2.45) is 16.6 Å². The summed E-state index contributed by atoms with van der Waals surface area (Å²) in [5, 5.41) is 3.03. The largest absolute Gasteiger partial charge is 0.492 e. The van der Waals surface area contributed by atoms with Gasteiger partial charge in [-0.3, -0.25) is 9.79 Å². The molecule has 0 bridgehead atoms. The van der Waals surface area contributed by atoms with Gasteiger partial charge in [0.1, 0.15) is 23.9 Å². The van der Waals surface area contributed by atoms with E-state index in [-0.39, 0.29) is 24.8 Å². The first-order chi connectivity index (χ1) is 15.0. The van der Waals surface area contributed by atoms with E-state index in [1.807, 2.05) is 6.92 Å². The van der Waals surface area contributed by atoms with Crippen molar-refractivity contribution in [2.75, 3.05) is 31.7 Å². The smallest absolute Gasteiger partial charge is 0.274 e. The maximum atomic E-state index is 14.9. The number of carbonyl (C=O) groups is 1. The first-order valence-electron chi connectivity index (χ1n) is 9.83. The Kier molecular flexibility index (Phi) is 6.10. The molecule has 164 valence electrons. The van der Waals surface area contributed by atoms with Crippen molar-refractivity contribution in [3.8, 4) is 5.75 Å². The molecular weight excluding hydrogens is 426 g/mol. The highest BCUT2D eigenvalue weighted by Crippen LogP contribution is 2.53. The van der Waals surface area contributed by atoms with Crippen LogP contribution in [0.25, 0.3) is 0 Å². The molecule has 3 atom stereocenters. The number of ether oxygens (including phenoxy) is 2. The van der Waals surface area contributed by atoms with E-state index in [0.717, 1.165) is 0 Å². The number of amidine groups is 1. The number of benzene rings is 1. The Bertz CT molecular complexity index is 1000. The number of nitrogens with zero attached hydrogens (tertiary/aromatic N) is 2. The van der Waals surface area contributed by atoms with Gasteiger partial charge in [-0.15, -0.1) is 0 Å². The lowest BCUT2D eigenvalue weighted by Crippen LogP contribution is -2.42. The number of aliphatic imine (C=N–C) groups is 1. The summed E-state index contributed by atoms with van der Waals surface area (Å²) in [7, 11) is 0. The molecule has 2 aromatic rings. The maximum absolute atomic E-state index is 14.9. The van der Waals surface area contributed by atoms with Gasteiger partial charge < -0.3 is 20.5 Å². The van der Waals surface area contributed by atoms with Gasteiger partial charge in [0.05, 0.1) is 30.3 Å². The highest BCUT2D eigenvalue weighted by Gasteiger charge is 2.54. The summed E-state index contributed by atoms with van der Waals surface area (Å²) in [6.07, 6.45) is 0.779. The van der Waals surface area contributed by atoms with E-state index < -0.39 is 29.2 Å². The normalized spacial score (nSPS) is 24.9. The zero-order valence-corrected chi connectivity index (χ0v) is 17.6. The molecule has 0 aliphatic carbocycles.